The number of thiophene rings is 1. The summed E-state index contributed by atoms with van der Waals surface area (Å²) in [6, 6.07) is 17.3. The van der Waals surface area contributed by atoms with Crippen molar-refractivity contribution < 1.29 is 4.74 Å². The van der Waals surface area contributed by atoms with Gasteiger partial charge in [-0.1, -0.05) is 12.1 Å². The number of aromatic amines is 1. The number of nitrogens with one attached hydrogen (secondary N) is 1. The first-order chi connectivity index (χ1) is 18.3. The number of morpholine rings is 1. The van der Waals surface area contributed by atoms with Crippen LogP contribution < -0.4 is 0 Å². The number of hydrogen-bond acceptors (Lipinski definition) is 7. The third-order valence-corrected chi connectivity index (χ3v) is 8.61. The summed E-state index contributed by atoms with van der Waals surface area (Å²) in [5.41, 5.74) is 6.76. The second-order valence-corrected chi connectivity index (χ2v) is 10.9. The lowest BCUT2D eigenvalue weighted by molar-refractivity contribution is 0.0277. The number of pyridine rings is 1. The molecule has 2 fully saturated rings. The zero-order chi connectivity index (χ0) is 24.3. The Morgan fingerprint density at radius 1 is 1.05 bits per heavy atom. The Labute approximate surface area is 216 Å². The molecule has 0 saturated carbocycles. The van der Waals surface area contributed by atoms with Crippen LogP contribution in [0.4, 0.5) is 0 Å². The molecule has 7 heterocycles. The van der Waals surface area contributed by atoms with Crippen LogP contribution in [0, 0.1) is 0 Å². The van der Waals surface area contributed by atoms with Crippen LogP contribution in [0.2, 0.25) is 0 Å². The van der Waals surface area contributed by atoms with E-state index >= 15 is 0 Å². The topological polar surface area (TPSA) is 84.2 Å². The number of hydrogen-bond donors (Lipinski definition) is 1. The highest BCUT2D eigenvalue weighted by Gasteiger charge is 2.38. The second kappa shape index (κ2) is 8.31. The molecule has 1 N–H and O–H groups in total. The quantitative estimate of drug-likeness (QED) is 0.354. The van der Waals surface area contributed by atoms with E-state index in [9.17, 15) is 0 Å². The molecule has 0 spiro atoms. The number of aromatic nitrogens is 6. The van der Waals surface area contributed by atoms with Crippen LogP contribution in [0.5, 0.6) is 0 Å². The third-order valence-electron chi connectivity index (χ3n) is 7.51. The molecule has 9 heteroatoms. The lowest BCUT2D eigenvalue weighted by Gasteiger charge is -2.25. The van der Waals surface area contributed by atoms with Crippen LogP contribution in [0.1, 0.15) is 11.3 Å². The molecule has 8 rings (SSSR count). The Balaban J connectivity index is 1.28. The van der Waals surface area contributed by atoms with Gasteiger partial charge in [0.1, 0.15) is 5.69 Å². The second-order valence-electron chi connectivity index (χ2n) is 9.70. The Kier molecular flexibility index (Phi) is 4.76. The van der Waals surface area contributed by atoms with Gasteiger partial charge in [0.15, 0.2) is 5.65 Å². The van der Waals surface area contributed by atoms with Gasteiger partial charge in [0.2, 0.25) is 0 Å². The predicted molar refractivity (Wildman–Crippen MR) is 143 cm³/mol. The Hall–Kier alpha value is -3.92. The van der Waals surface area contributed by atoms with Gasteiger partial charge in [-0.25, -0.2) is 9.50 Å². The van der Waals surface area contributed by atoms with Crippen molar-refractivity contribution in [2.45, 2.75) is 25.1 Å². The largest absolute Gasteiger partial charge is 0.375 e. The molecule has 0 amide bonds. The van der Waals surface area contributed by atoms with Gasteiger partial charge < -0.3 is 4.74 Å². The maximum Gasteiger partial charge on any atom is 0.164 e. The number of nitrogens with zero attached hydrogens (tertiary/aromatic N) is 6. The number of rotatable bonds is 5. The number of H-pyrrole nitrogens is 1. The van der Waals surface area contributed by atoms with E-state index < -0.39 is 0 Å². The van der Waals surface area contributed by atoms with Crippen LogP contribution in [0.3, 0.4) is 0 Å². The van der Waals surface area contributed by atoms with Gasteiger partial charge in [-0.15, -0.1) is 11.3 Å². The van der Waals surface area contributed by atoms with Crippen LogP contribution in [-0.2, 0) is 11.3 Å². The molecule has 1 aromatic carbocycles. The molecule has 2 aliphatic heterocycles. The first kappa shape index (κ1) is 21.2. The molecule has 2 atom stereocenters. The van der Waals surface area contributed by atoms with E-state index in [4.69, 9.17) is 14.8 Å². The van der Waals surface area contributed by atoms with Crippen molar-refractivity contribution in [3.8, 4) is 33.0 Å². The lowest BCUT2D eigenvalue weighted by Crippen LogP contribution is -2.36. The summed E-state index contributed by atoms with van der Waals surface area (Å²) in [5.74, 6) is 0. The molecule has 2 saturated heterocycles. The predicted octanol–water partition coefficient (Wildman–Crippen LogP) is 5.04. The lowest BCUT2D eigenvalue weighted by atomic mass is 9.99. The highest BCUT2D eigenvalue weighted by atomic mass is 32.1. The zero-order valence-corrected chi connectivity index (χ0v) is 20.7. The van der Waals surface area contributed by atoms with Gasteiger partial charge in [0, 0.05) is 53.5 Å². The summed E-state index contributed by atoms with van der Waals surface area (Å²) in [4.78, 5) is 14.2. The number of ether oxygens (including phenoxy) is 1. The van der Waals surface area contributed by atoms with E-state index in [2.05, 4.69) is 44.3 Å². The standard InChI is InChI=1S/C28H23N7OS/c1-2-21(22-13-31-32-23(22)3-1)26-27(17-6-9-29-10-7-17)33-35-24(8-11-30-28(26)35)25-5-4-20(37-25)15-34-14-19-12-18(34)16-36-19/h1-11,13,18-19H,12,14-16H2,(H,31,32)/t18-,19+/m1/s1. The fraction of sp³-hybridized carbons (Fsp3) is 0.214. The summed E-state index contributed by atoms with van der Waals surface area (Å²) < 4.78 is 7.78. The van der Waals surface area contributed by atoms with Crippen LogP contribution in [0.25, 0.3) is 49.5 Å². The van der Waals surface area contributed by atoms with Gasteiger partial charge >= 0.3 is 0 Å². The maximum atomic E-state index is 5.78. The molecule has 2 aliphatic rings. The third kappa shape index (κ3) is 3.42. The molecule has 0 aliphatic carbocycles. The summed E-state index contributed by atoms with van der Waals surface area (Å²) >= 11 is 1.83. The van der Waals surface area contributed by atoms with Gasteiger partial charge in [-0.3, -0.25) is 15.0 Å². The number of likely N-dealkylation sites (tertiary alicyclic amines) is 1. The van der Waals surface area contributed by atoms with E-state index in [0.717, 1.165) is 64.3 Å². The fourth-order valence-electron chi connectivity index (χ4n) is 5.75. The molecular weight excluding hydrogens is 482 g/mol. The van der Waals surface area contributed by atoms with E-state index in [1.807, 2.05) is 52.5 Å². The van der Waals surface area contributed by atoms with Crippen molar-refractivity contribution in [1.82, 2.24) is 34.7 Å². The van der Waals surface area contributed by atoms with Gasteiger partial charge in [-0.2, -0.15) is 10.2 Å². The fourth-order valence-corrected chi connectivity index (χ4v) is 6.80. The Morgan fingerprint density at radius 3 is 2.86 bits per heavy atom. The molecule has 5 aromatic heterocycles. The van der Waals surface area contributed by atoms with Crippen LogP contribution >= 0.6 is 11.3 Å². The smallest absolute Gasteiger partial charge is 0.164 e. The van der Waals surface area contributed by atoms with Gasteiger partial charge in [0.25, 0.3) is 0 Å². The first-order valence-corrected chi connectivity index (χ1v) is 13.3. The summed E-state index contributed by atoms with van der Waals surface area (Å²) in [6.07, 6.45) is 8.95. The molecule has 0 radical (unpaired) electrons. The van der Waals surface area contributed by atoms with E-state index in [-0.39, 0.29) is 0 Å². The Bertz CT molecular complexity index is 1750. The van der Waals surface area contributed by atoms with E-state index in [1.54, 1.807) is 12.4 Å². The Morgan fingerprint density at radius 2 is 2.00 bits per heavy atom. The normalized spacial score (nSPS) is 19.5. The van der Waals surface area contributed by atoms with Crippen LogP contribution in [-0.4, -0.2) is 60.0 Å². The molecule has 8 nitrogen and oxygen atoms in total. The van der Waals surface area contributed by atoms with Crippen molar-refractivity contribution >= 4 is 27.9 Å². The average Bonchev–Trinajstić information content (AvgIpc) is 3.76. The minimum absolute atomic E-state index is 0.415. The highest BCUT2D eigenvalue weighted by Crippen LogP contribution is 2.40. The molecule has 6 aromatic rings. The van der Waals surface area contributed by atoms with E-state index in [1.165, 1.54) is 16.2 Å². The minimum atomic E-state index is 0.415. The van der Waals surface area contributed by atoms with Crippen molar-refractivity contribution in [2.24, 2.45) is 0 Å². The zero-order valence-electron chi connectivity index (χ0n) is 19.9. The van der Waals surface area contributed by atoms with Crippen LogP contribution in [0.15, 0.2) is 73.3 Å². The molecule has 182 valence electrons. The molecule has 0 unspecified atom stereocenters. The van der Waals surface area contributed by atoms with Gasteiger partial charge in [-0.05, 0) is 48.4 Å². The van der Waals surface area contributed by atoms with Gasteiger partial charge in [0.05, 0.1) is 40.6 Å². The minimum Gasteiger partial charge on any atom is -0.375 e. The summed E-state index contributed by atoms with van der Waals surface area (Å²) in [5, 5.41) is 13.6. The average molecular weight is 506 g/mol. The maximum absolute atomic E-state index is 5.78. The number of benzene rings is 1. The monoisotopic (exact) mass is 505 g/mol. The highest BCUT2D eigenvalue weighted by molar-refractivity contribution is 7.15. The van der Waals surface area contributed by atoms with Crippen molar-refractivity contribution in [1.29, 1.82) is 0 Å². The van der Waals surface area contributed by atoms with Crippen molar-refractivity contribution in [3.63, 3.8) is 0 Å². The molecular formula is C28H23N7OS. The SMILES string of the molecule is c1cc(-c2c(-c3ccncc3)nn3c(-c4ccc(CN5C[C@@H]6C[C@@H]5CO6)s4)ccnc23)c2cn[nH]c2c1. The molecule has 37 heavy (non-hydrogen) atoms. The van der Waals surface area contributed by atoms with E-state index in [0.29, 0.717) is 12.1 Å². The summed E-state index contributed by atoms with van der Waals surface area (Å²) in [6.45, 7) is 2.87. The van der Waals surface area contributed by atoms with Crippen molar-refractivity contribution in [3.05, 3.63) is 78.2 Å². The summed E-state index contributed by atoms with van der Waals surface area (Å²) in [7, 11) is 0. The molecule has 2 bridgehead atoms. The van der Waals surface area contributed by atoms with Crippen molar-refractivity contribution in [2.75, 3.05) is 13.2 Å². The number of fused-ring (bicyclic) bond motifs is 4. The first-order valence-electron chi connectivity index (χ1n) is 12.5.